The van der Waals surface area contributed by atoms with Gasteiger partial charge in [-0.1, -0.05) is 0 Å². The van der Waals surface area contributed by atoms with Crippen LogP contribution in [0.1, 0.15) is 43.6 Å². The Balaban J connectivity index is 0.000000316. The lowest BCUT2D eigenvalue weighted by Gasteiger charge is -2.35. The van der Waals surface area contributed by atoms with Crippen molar-refractivity contribution in [3.05, 3.63) is 28.0 Å². The molecule has 1 aromatic rings. The summed E-state index contributed by atoms with van der Waals surface area (Å²) in [7, 11) is 4.20. The number of thiophene rings is 1. The van der Waals surface area contributed by atoms with E-state index in [1.807, 2.05) is 23.6 Å². The quantitative estimate of drug-likeness (QED) is 0.324. The van der Waals surface area contributed by atoms with Crippen molar-refractivity contribution in [3.8, 4) is 0 Å². The van der Waals surface area contributed by atoms with Gasteiger partial charge in [-0.2, -0.15) is 0 Å². The fraction of sp³-hybridized carbons (Fsp3) is 0.607. The van der Waals surface area contributed by atoms with Crippen molar-refractivity contribution in [3.63, 3.8) is 0 Å². The summed E-state index contributed by atoms with van der Waals surface area (Å²) in [5.74, 6) is -3.91. The fourth-order valence-corrected chi connectivity index (χ4v) is 4.85. The third kappa shape index (κ3) is 12.6. The summed E-state index contributed by atoms with van der Waals surface area (Å²) in [5.41, 5.74) is -1.40. The molecule has 0 bridgehead atoms. The van der Waals surface area contributed by atoms with Crippen molar-refractivity contribution in [1.29, 1.82) is 0 Å². The molecule has 0 aromatic carbocycles. The molecule has 0 atom stereocenters. The Bertz CT molecular complexity index is 1080. The molecule has 0 unspecified atom stereocenters. The zero-order valence-corrected chi connectivity index (χ0v) is 26.0. The first-order valence-corrected chi connectivity index (χ1v) is 14.7. The average Bonchev–Trinajstić information content (AvgIpc) is 3.33. The minimum absolute atomic E-state index is 0.197. The molecule has 4 N–H and O–H groups in total. The summed E-state index contributed by atoms with van der Waals surface area (Å²) in [6.45, 7) is 13.6. The highest BCUT2D eigenvalue weighted by Gasteiger charge is 2.40. The van der Waals surface area contributed by atoms with Gasteiger partial charge in [-0.3, -0.25) is 14.6 Å². The number of hydrogen-bond donors (Lipinski definition) is 4. The molecule has 1 fully saturated rings. The predicted octanol–water partition coefficient (Wildman–Crippen LogP) is 2.25. The van der Waals surface area contributed by atoms with Gasteiger partial charge in [0, 0.05) is 64.3 Å². The molecular weight excluding hydrogens is 566 g/mol. The highest BCUT2D eigenvalue weighted by Crippen LogP contribution is 2.18. The second-order valence-corrected chi connectivity index (χ2v) is 11.0. The molecule has 0 saturated carbocycles. The molecule has 236 valence electrons. The Kier molecular flexibility index (Phi) is 15.8. The fourth-order valence-electron chi connectivity index (χ4n) is 4.03. The first-order valence-electron chi connectivity index (χ1n) is 13.8. The largest absolute Gasteiger partial charge is 0.481 e. The predicted molar refractivity (Wildman–Crippen MR) is 162 cm³/mol. The van der Waals surface area contributed by atoms with E-state index in [0.29, 0.717) is 0 Å². The molecule has 2 amide bonds. The molecule has 0 spiro atoms. The Morgan fingerprint density at radius 1 is 0.976 bits per heavy atom. The van der Waals surface area contributed by atoms with Gasteiger partial charge in [0.25, 0.3) is 0 Å². The van der Waals surface area contributed by atoms with E-state index in [-0.39, 0.29) is 6.03 Å². The lowest BCUT2D eigenvalue weighted by molar-refractivity contribution is -0.170. The maximum Gasteiger partial charge on any atom is 0.336 e. The van der Waals surface area contributed by atoms with Gasteiger partial charge in [0.15, 0.2) is 5.60 Å². The minimum atomic E-state index is -2.74. The number of carbonyl (C=O) groups excluding carboxylic acids is 1. The molecule has 42 heavy (non-hydrogen) atoms. The van der Waals surface area contributed by atoms with Gasteiger partial charge in [-0.05, 0) is 63.4 Å². The van der Waals surface area contributed by atoms with Crippen molar-refractivity contribution < 1.29 is 39.6 Å². The lowest BCUT2D eigenvalue weighted by atomic mass is 9.96. The number of piperazine rings is 1. The number of carboxylic acid groups (broad SMARTS) is 3. The van der Waals surface area contributed by atoms with Crippen molar-refractivity contribution in [2.45, 2.75) is 45.6 Å². The first kappa shape index (κ1) is 36.5. The van der Waals surface area contributed by atoms with Crippen LogP contribution in [-0.4, -0.2) is 142 Å². The van der Waals surface area contributed by atoms with E-state index >= 15 is 0 Å². The number of amidine groups is 1. The van der Waals surface area contributed by atoms with Crippen molar-refractivity contribution in [1.82, 2.24) is 19.6 Å². The van der Waals surface area contributed by atoms with Gasteiger partial charge in [0.2, 0.25) is 0 Å². The van der Waals surface area contributed by atoms with Crippen LogP contribution in [0.5, 0.6) is 0 Å². The van der Waals surface area contributed by atoms with E-state index < -0.39 is 36.4 Å². The summed E-state index contributed by atoms with van der Waals surface area (Å²) in [5, 5.41) is 35.9. The van der Waals surface area contributed by atoms with Crippen LogP contribution in [0.4, 0.5) is 4.79 Å². The third-order valence-electron chi connectivity index (χ3n) is 6.70. The molecule has 3 rings (SSSR count). The number of carbonyl (C=O) groups is 4. The van der Waals surface area contributed by atoms with Crippen LogP contribution in [0.15, 0.2) is 22.5 Å². The summed E-state index contributed by atoms with van der Waals surface area (Å²) in [6, 6.07) is 2.35. The topological polar surface area (TPSA) is 175 Å². The van der Waals surface area contributed by atoms with E-state index in [1.54, 1.807) is 11.3 Å². The Morgan fingerprint density at radius 3 is 1.98 bits per heavy atom. The second kappa shape index (κ2) is 18.1. The molecule has 0 radical (unpaired) electrons. The number of likely N-dealkylation sites (N-methyl/N-ethyl adjacent to an activating group) is 2. The van der Waals surface area contributed by atoms with E-state index in [2.05, 4.69) is 59.4 Å². The van der Waals surface area contributed by atoms with Gasteiger partial charge >= 0.3 is 23.9 Å². The molecular formula is C28H45N5O8S. The maximum atomic E-state index is 11.9. The van der Waals surface area contributed by atoms with Crippen LogP contribution in [0.25, 0.3) is 6.08 Å². The number of hydrogen-bond acceptors (Lipinski definition) is 9. The number of aryl methyl sites for hydroxylation is 1. The van der Waals surface area contributed by atoms with Crippen LogP contribution in [-0.2, 0) is 14.4 Å². The summed E-state index contributed by atoms with van der Waals surface area (Å²) < 4.78 is 0. The standard InChI is InChI=1S/C12H16N2S.C10H21N3O.C6H8O7/c1-10-6-9-15-11(10)4-5-12-13-7-3-8-14(12)2;1-4-12(5-2)10(14)13-8-6-11(3)7-9-13;7-3(8)1-6(13,5(11)12)2-4(9)10/h4-6,9H,3,7-8H2,1-2H3;4-9H2,1-3H3;13H,1-2H2,(H,7,8)(H,9,10)(H,11,12)/b5-4+;;. The van der Waals surface area contributed by atoms with E-state index in [9.17, 15) is 19.2 Å². The highest BCUT2D eigenvalue weighted by molar-refractivity contribution is 7.11. The van der Waals surface area contributed by atoms with Crippen LogP contribution >= 0.6 is 11.3 Å². The molecule has 1 saturated heterocycles. The van der Waals surface area contributed by atoms with Crippen LogP contribution < -0.4 is 0 Å². The van der Waals surface area contributed by atoms with Crippen LogP contribution in [0, 0.1) is 6.92 Å². The molecule has 13 nitrogen and oxygen atoms in total. The number of aliphatic hydroxyl groups is 1. The highest BCUT2D eigenvalue weighted by atomic mass is 32.1. The first-order chi connectivity index (χ1) is 19.7. The van der Waals surface area contributed by atoms with Crippen LogP contribution in [0.2, 0.25) is 0 Å². The van der Waals surface area contributed by atoms with Gasteiger partial charge in [-0.25, -0.2) is 9.59 Å². The van der Waals surface area contributed by atoms with E-state index in [4.69, 9.17) is 20.4 Å². The Hall–Kier alpha value is -3.49. The van der Waals surface area contributed by atoms with Gasteiger partial charge < -0.3 is 40.0 Å². The number of aliphatic imine (C=N–C) groups is 1. The Morgan fingerprint density at radius 2 is 1.55 bits per heavy atom. The van der Waals surface area contributed by atoms with Gasteiger partial charge in [0.1, 0.15) is 5.84 Å². The number of urea groups is 1. The minimum Gasteiger partial charge on any atom is -0.481 e. The van der Waals surface area contributed by atoms with E-state index in [0.717, 1.165) is 58.2 Å². The Labute approximate surface area is 251 Å². The summed E-state index contributed by atoms with van der Waals surface area (Å²) in [4.78, 5) is 56.5. The zero-order valence-electron chi connectivity index (χ0n) is 25.2. The molecule has 14 heteroatoms. The van der Waals surface area contributed by atoms with Crippen molar-refractivity contribution in [2.75, 3.05) is 66.5 Å². The molecule has 1 aromatic heterocycles. The number of aliphatic carboxylic acids is 3. The number of rotatable bonds is 9. The number of amides is 2. The van der Waals surface area contributed by atoms with Gasteiger partial charge in [0.05, 0.1) is 12.8 Å². The van der Waals surface area contributed by atoms with Crippen molar-refractivity contribution >= 4 is 47.2 Å². The monoisotopic (exact) mass is 611 g/mol. The van der Waals surface area contributed by atoms with Crippen molar-refractivity contribution in [2.24, 2.45) is 4.99 Å². The smallest absolute Gasteiger partial charge is 0.336 e. The zero-order chi connectivity index (χ0) is 31.9. The average molecular weight is 612 g/mol. The maximum absolute atomic E-state index is 11.9. The molecule has 3 heterocycles. The third-order valence-corrected chi connectivity index (χ3v) is 7.68. The molecule has 2 aliphatic rings. The summed E-state index contributed by atoms with van der Waals surface area (Å²) in [6.07, 6.45) is 3.17. The second-order valence-electron chi connectivity index (χ2n) is 10.0. The number of carboxylic acids is 3. The SMILES string of the molecule is CCN(CC)C(=O)N1CCN(C)CC1.Cc1ccsc1/C=C/C1=NCCCN1C.O=C(O)CC(O)(CC(=O)O)C(=O)O. The summed E-state index contributed by atoms with van der Waals surface area (Å²) >= 11 is 1.78. The lowest BCUT2D eigenvalue weighted by Crippen LogP contribution is -2.51. The number of nitrogens with zero attached hydrogens (tertiary/aromatic N) is 5. The normalized spacial score (nSPS) is 15.6. The van der Waals surface area contributed by atoms with E-state index in [1.165, 1.54) is 16.9 Å². The molecule has 2 aliphatic heterocycles. The van der Waals surface area contributed by atoms with Crippen LogP contribution in [0.3, 0.4) is 0 Å². The molecule has 0 aliphatic carbocycles. The van der Waals surface area contributed by atoms with Gasteiger partial charge in [-0.15, -0.1) is 11.3 Å².